The summed E-state index contributed by atoms with van der Waals surface area (Å²) in [6, 6.07) is 15.0. The molecule has 0 radical (unpaired) electrons. The summed E-state index contributed by atoms with van der Waals surface area (Å²) in [6.07, 6.45) is 8.99. The van der Waals surface area contributed by atoms with E-state index in [0.717, 1.165) is 34.1 Å². The van der Waals surface area contributed by atoms with Crippen LogP contribution in [0.4, 0.5) is 17.6 Å². The number of pyridine rings is 2. The van der Waals surface area contributed by atoms with Crippen LogP contribution in [0.5, 0.6) is 23.0 Å². The van der Waals surface area contributed by atoms with Crippen LogP contribution in [0, 0.1) is 27.7 Å². The topological polar surface area (TPSA) is 91.9 Å². The largest absolute Gasteiger partial charge is 0.504 e. The Morgan fingerprint density at radius 3 is 1.56 bits per heavy atom. The zero-order valence-corrected chi connectivity index (χ0v) is 27.8. The number of halogens is 4. The van der Waals surface area contributed by atoms with E-state index in [-0.39, 0.29) is 33.9 Å². The van der Waals surface area contributed by atoms with Crippen molar-refractivity contribution in [1.82, 2.24) is 9.13 Å². The fraction of sp³-hybridized carbons (Fsp3) is 0.257. The average Bonchev–Trinajstić information content (AvgIpc) is 2.98. The molecule has 2 aromatic heterocycles. The van der Waals surface area contributed by atoms with Gasteiger partial charge in [0.25, 0.3) is 0 Å². The molecule has 13 heteroatoms. The van der Waals surface area contributed by atoms with E-state index in [2.05, 4.69) is 9.47 Å². The van der Waals surface area contributed by atoms with E-state index in [1.165, 1.54) is 30.3 Å². The summed E-state index contributed by atoms with van der Waals surface area (Å²) in [6.45, 7) is 1.78. The summed E-state index contributed by atoms with van der Waals surface area (Å²) in [5.74, 6) is 0.381. The van der Waals surface area contributed by atoms with Crippen LogP contribution in [0.1, 0.15) is 33.9 Å². The number of phenols is 1. The van der Waals surface area contributed by atoms with Crippen molar-refractivity contribution in [2.45, 2.75) is 40.9 Å². The van der Waals surface area contributed by atoms with Gasteiger partial charge in [-0.05, 0) is 81.5 Å². The third-order valence-corrected chi connectivity index (χ3v) is 7.26. The molecule has 0 bridgehead atoms. The van der Waals surface area contributed by atoms with Crippen molar-refractivity contribution >= 4 is 36.3 Å². The van der Waals surface area contributed by atoms with Gasteiger partial charge in [-0.2, -0.15) is 29.3 Å². The normalized spacial score (nSPS) is 11.3. The van der Waals surface area contributed by atoms with Crippen molar-refractivity contribution in [2.24, 2.45) is 0 Å². The zero-order chi connectivity index (χ0) is 35.4. The molecule has 2 heterocycles. The molecule has 0 atom stereocenters. The molecule has 4 aromatic rings. The van der Waals surface area contributed by atoms with Crippen molar-refractivity contribution < 1.29 is 36.9 Å². The highest BCUT2D eigenvalue weighted by Crippen LogP contribution is 2.31. The maximum Gasteiger partial charge on any atom is 0.387 e. The second-order valence-corrected chi connectivity index (χ2v) is 11.3. The Morgan fingerprint density at radius 2 is 1.12 bits per heavy atom. The third kappa shape index (κ3) is 11.4. The highest BCUT2D eigenvalue weighted by molar-refractivity contribution is 7.98. The molecular weight excluding hydrogens is 652 g/mol. The van der Waals surface area contributed by atoms with Crippen molar-refractivity contribution in [3.63, 3.8) is 0 Å². The van der Waals surface area contributed by atoms with Gasteiger partial charge in [0.05, 0.1) is 6.61 Å². The van der Waals surface area contributed by atoms with E-state index < -0.39 is 13.2 Å². The molecule has 0 aliphatic carbocycles. The van der Waals surface area contributed by atoms with E-state index in [1.54, 1.807) is 68.2 Å². The lowest BCUT2D eigenvalue weighted by Gasteiger charge is -2.13. The van der Waals surface area contributed by atoms with Crippen LogP contribution >= 0.6 is 11.8 Å². The van der Waals surface area contributed by atoms with Gasteiger partial charge in [-0.25, -0.2) is 0 Å². The number of thioether (sulfide) groups is 1. The first-order chi connectivity index (χ1) is 22.8. The highest BCUT2D eigenvalue weighted by atomic mass is 32.2. The van der Waals surface area contributed by atoms with E-state index in [0.29, 0.717) is 12.2 Å². The smallest absolute Gasteiger partial charge is 0.387 e. The average molecular weight is 689 g/mol. The van der Waals surface area contributed by atoms with E-state index in [9.17, 15) is 32.3 Å². The van der Waals surface area contributed by atoms with Gasteiger partial charge in [0, 0.05) is 65.2 Å². The highest BCUT2D eigenvalue weighted by Gasteiger charge is 2.12. The minimum atomic E-state index is -2.99. The Labute approximate surface area is 279 Å². The number of aryl methyl sites for hydroxylation is 4. The second kappa shape index (κ2) is 17.9. The Kier molecular flexibility index (Phi) is 14.0. The molecule has 0 unspecified atom stereocenters. The number of alkyl halides is 4. The van der Waals surface area contributed by atoms with Crippen molar-refractivity contribution in [3.05, 3.63) is 115 Å². The zero-order valence-electron chi connectivity index (χ0n) is 27.0. The van der Waals surface area contributed by atoms with Crippen molar-refractivity contribution in [1.29, 1.82) is 0 Å². The predicted octanol–water partition coefficient (Wildman–Crippen LogP) is 7.84. The van der Waals surface area contributed by atoms with Gasteiger partial charge in [-0.3, -0.25) is 9.59 Å². The Balaban J connectivity index is 0.000000264. The van der Waals surface area contributed by atoms with Gasteiger partial charge < -0.3 is 28.5 Å². The van der Waals surface area contributed by atoms with Crippen LogP contribution < -0.4 is 25.1 Å². The minimum Gasteiger partial charge on any atom is -0.504 e. The van der Waals surface area contributed by atoms with Gasteiger partial charge >= 0.3 is 13.2 Å². The number of aromatic hydroxyl groups is 1. The Hall–Kier alpha value is -4.91. The lowest BCUT2D eigenvalue weighted by molar-refractivity contribution is -0.0519. The summed E-state index contributed by atoms with van der Waals surface area (Å²) in [7, 11) is 0. The van der Waals surface area contributed by atoms with Crippen LogP contribution in [-0.4, -0.2) is 46.1 Å². The lowest BCUT2D eigenvalue weighted by Crippen LogP contribution is -2.08. The van der Waals surface area contributed by atoms with Gasteiger partial charge in [0.15, 0.2) is 33.9 Å². The molecule has 0 saturated carbocycles. The Morgan fingerprint density at radius 1 is 0.688 bits per heavy atom. The summed E-state index contributed by atoms with van der Waals surface area (Å²) in [4.78, 5) is 22.9. The fourth-order valence-electron chi connectivity index (χ4n) is 4.54. The number of aromatic nitrogens is 2. The molecule has 0 spiro atoms. The van der Waals surface area contributed by atoms with Crippen molar-refractivity contribution in [2.75, 3.05) is 18.6 Å². The van der Waals surface area contributed by atoms with E-state index >= 15 is 0 Å². The molecule has 0 saturated heterocycles. The third-order valence-electron chi connectivity index (χ3n) is 6.68. The number of hydrogen-bond donors (Lipinski definition) is 1. The quantitative estimate of drug-likeness (QED) is 0.120. The summed E-state index contributed by atoms with van der Waals surface area (Å²) in [5, 5.41) is 9.64. The molecular formula is C35H36F4N2O6S. The molecule has 0 amide bonds. The van der Waals surface area contributed by atoms with E-state index in [1.807, 2.05) is 41.5 Å². The lowest BCUT2D eigenvalue weighted by atomic mass is 10.2. The number of hydrogen-bond acceptors (Lipinski definition) is 7. The number of rotatable bonds is 12. The van der Waals surface area contributed by atoms with Crippen LogP contribution in [0.15, 0.2) is 70.3 Å². The van der Waals surface area contributed by atoms with Crippen molar-refractivity contribution in [3.8, 4) is 23.0 Å². The Bertz CT molecular complexity index is 1820. The van der Waals surface area contributed by atoms with Gasteiger partial charge in [0.2, 0.25) is 0 Å². The molecule has 0 fully saturated rings. The summed E-state index contributed by atoms with van der Waals surface area (Å²) >= 11 is 1.60. The summed E-state index contributed by atoms with van der Waals surface area (Å²) < 4.78 is 67.3. The second-order valence-electron chi connectivity index (χ2n) is 10.4. The number of benzene rings is 2. The first-order valence-electron chi connectivity index (χ1n) is 14.5. The molecule has 0 aliphatic rings. The van der Waals surface area contributed by atoms with Crippen LogP contribution in [0.2, 0.25) is 0 Å². The molecule has 4 rings (SSSR count). The SMILES string of the molecule is CSCCOc1cc(/C=C/n2c(C)cc(=O)cc2C)ccc1OC(F)F.Cc1cc(=O)cc(C)n1/C=C/c1ccc(OC(F)F)c(O)c1. The first-order valence-corrected chi connectivity index (χ1v) is 15.9. The maximum atomic E-state index is 12.6. The van der Waals surface area contributed by atoms with Crippen LogP contribution in [-0.2, 0) is 0 Å². The number of phenolic OH excluding ortho intramolecular Hbond substituents is 1. The minimum absolute atomic E-state index is 0.00831. The molecule has 2 aromatic carbocycles. The van der Waals surface area contributed by atoms with Crippen LogP contribution in [0.25, 0.3) is 24.6 Å². The molecule has 1 N–H and O–H groups in total. The maximum absolute atomic E-state index is 12.6. The van der Waals surface area contributed by atoms with E-state index in [4.69, 9.17) is 4.74 Å². The summed E-state index contributed by atoms with van der Waals surface area (Å²) in [5.41, 5.74) is 4.42. The van der Waals surface area contributed by atoms with Crippen LogP contribution in [0.3, 0.4) is 0 Å². The molecule has 0 aliphatic heterocycles. The van der Waals surface area contributed by atoms with Gasteiger partial charge in [0.1, 0.15) is 0 Å². The monoisotopic (exact) mass is 688 g/mol. The molecule has 8 nitrogen and oxygen atoms in total. The fourth-order valence-corrected chi connectivity index (χ4v) is 4.79. The predicted molar refractivity (Wildman–Crippen MR) is 182 cm³/mol. The number of nitrogens with zero attached hydrogens (tertiary/aromatic N) is 2. The standard InChI is InChI=1S/C19H21F2NO3S.C16H15F2NO3/c1-13-10-16(23)11-14(2)22(13)7-6-15-4-5-17(25-19(20)21)18(12-15)24-8-9-26-3;1-10-7-13(20)8-11(2)19(10)6-5-12-3-4-15(14(21)9-12)22-16(17)18/h4-7,10-12,19H,8-9H2,1-3H3;3-9,16,21H,1-2H3/b7-6+;6-5+. The molecule has 48 heavy (non-hydrogen) atoms. The van der Waals surface area contributed by atoms with Gasteiger partial charge in [-0.15, -0.1) is 0 Å². The van der Waals surface area contributed by atoms with Gasteiger partial charge in [-0.1, -0.05) is 12.1 Å². The first kappa shape index (κ1) is 37.5. The number of ether oxygens (including phenoxy) is 3. The molecule has 256 valence electrons.